The number of benzene rings is 2. The Morgan fingerprint density at radius 3 is 2.66 bits per heavy atom. The summed E-state index contributed by atoms with van der Waals surface area (Å²) in [6, 6.07) is 18.0. The molecule has 4 aromatic rings. The fraction of sp³-hybridized carbons (Fsp3) is 0.136. The first kappa shape index (κ1) is 18.9. The average Bonchev–Trinajstić information content (AvgIpc) is 3.12. The summed E-state index contributed by atoms with van der Waals surface area (Å²) in [4.78, 5) is 29.8. The molecule has 0 aliphatic heterocycles. The van der Waals surface area contributed by atoms with Gasteiger partial charge < -0.3 is 9.47 Å². The molecule has 0 radical (unpaired) electrons. The summed E-state index contributed by atoms with van der Waals surface area (Å²) in [6.07, 6.45) is 0. The Hall–Kier alpha value is -3.45. The number of rotatable bonds is 6. The van der Waals surface area contributed by atoms with Gasteiger partial charge in [0.2, 0.25) is 0 Å². The minimum absolute atomic E-state index is 0.0887. The standard InChI is InChI=1S/C22H18N2O4S/c1-15-14-29-22-23-17(11-20(25)24(15)22)13-28-21(26)18-9-5-6-10-19(18)27-12-16-7-3-2-4-8-16/h2-11,14H,12-13H2,1H3. The maximum atomic E-state index is 12.6. The van der Waals surface area contributed by atoms with E-state index in [2.05, 4.69) is 4.98 Å². The molecule has 0 amide bonds. The third-order valence-corrected chi connectivity index (χ3v) is 5.27. The van der Waals surface area contributed by atoms with Gasteiger partial charge in [0.05, 0.1) is 5.69 Å². The Balaban J connectivity index is 1.47. The number of fused-ring (bicyclic) bond motifs is 1. The molecule has 146 valence electrons. The number of carbonyl (C=O) groups is 1. The van der Waals surface area contributed by atoms with Crippen molar-refractivity contribution in [2.45, 2.75) is 20.1 Å². The van der Waals surface area contributed by atoms with E-state index in [1.54, 1.807) is 24.3 Å². The fourth-order valence-corrected chi connectivity index (χ4v) is 3.78. The molecule has 6 nitrogen and oxygen atoms in total. The van der Waals surface area contributed by atoms with E-state index in [-0.39, 0.29) is 12.2 Å². The molecule has 0 aliphatic carbocycles. The summed E-state index contributed by atoms with van der Waals surface area (Å²) in [5, 5.41) is 1.86. The van der Waals surface area contributed by atoms with E-state index >= 15 is 0 Å². The molecule has 0 N–H and O–H groups in total. The van der Waals surface area contributed by atoms with Crippen molar-refractivity contribution in [3.8, 4) is 5.75 Å². The van der Waals surface area contributed by atoms with E-state index in [0.29, 0.717) is 28.6 Å². The van der Waals surface area contributed by atoms with Gasteiger partial charge in [-0.25, -0.2) is 9.78 Å². The van der Waals surface area contributed by atoms with Crippen LogP contribution in [0.15, 0.2) is 70.8 Å². The Kier molecular flexibility index (Phi) is 5.39. The summed E-state index contributed by atoms with van der Waals surface area (Å²) in [7, 11) is 0. The van der Waals surface area contributed by atoms with Crippen LogP contribution in [-0.4, -0.2) is 15.4 Å². The second-order valence-electron chi connectivity index (χ2n) is 6.43. The van der Waals surface area contributed by atoms with Crippen molar-refractivity contribution >= 4 is 22.3 Å². The van der Waals surface area contributed by atoms with Crippen LogP contribution in [0, 0.1) is 6.92 Å². The van der Waals surface area contributed by atoms with Crippen molar-refractivity contribution in [1.29, 1.82) is 0 Å². The predicted octanol–water partition coefficient (Wildman–Crippen LogP) is 4.00. The van der Waals surface area contributed by atoms with Crippen molar-refractivity contribution in [2.24, 2.45) is 0 Å². The molecule has 0 aliphatic rings. The van der Waals surface area contributed by atoms with E-state index in [1.807, 2.05) is 42.6 Å². The number of ether oxygens (including phenoxy) is 2. The van der Waals surface area contributed by atoms with E-state index < -0.39 is 5.97 Å². The quantitative estimate of drug-likeness (QED) is 0.453. The van der Waals surface area contributed by atoms with Crippen molar-refractivity contribution in [3.05, 3.63) is 98.9 Å². The molecule has 0 spiro atoms. The number of aromatic nitrogens is 2. The van der Waals surface area contributed by atoms with Crippen LogP contribution in [0.2, 0.25) is 0 Å². The first-order valence-electron chi connectivity index (χ1n) is 9.01. The van der Waals surface area contributed by atoms with Crippen molar-refractivity contribution in [1.82, 2.24) is 9.38 Å². The Bertz CT molecular complexity index is 1210. The largest absolute Gasteiger partial charge is 0.488 e. The molecule has 2 aromatic carbocycles. The van der Waals surface area contributed by atoms with E-state index in [1.165, 1.54) is 21.8 Å². The number of carbonyl (C=O) groups excluding carboxylic acids is 1. The zero-order chi connectivity index (χ0) is 20.2. The molecule has 0 fully saturated rings. The second kappa shape index (κ2) is 8.28. The second-order valence-corrected chi connectivity index (χ2v) is 7.26. The van der Waals surface area contributed by atoms with Gasteiger partial charge in [0.15, 0.2) is 4.96 Å². The third-order valence-electron chi connectivity index (χ3n) is 4.32. The summed E-state index contributed by atoms with van der Waals surface area (Å²) in [6.45, 7) is 2.10. The fourth-order valence-electron chi connectivity index (χ4n) is 2.89. The Morgan fingerprint density at radius 2 is 1.83 bits per heavy atom. The number of hydrogen-bond donors (Lipinski definition) is 0. The molecular formula is C22H18N2O4S. The minimum Gasteiger partial charge on any atom is -0.488 e. The Morgan fingerprint density at radius 1 is 1.07 bits per heavy atom. The van der Waals surface area contributed by atoms with Gasteiger partial charge in [-0.1, -0.05) is 42.5 Å². The van der Waals surface area contributed by atoms with Gasteiger partial charge in [0.25, 0.3) is 5.56 Å². The number of thiazole rings is 1. The van der Waals surface area contributed by atoms with Crippen molar-refractivity contribution in [3.63, 3.8) is 0 Å². The maximum absolute atomic E-state index is 12.6. The van der Waals surface area contributed by atoms with Crippen LogP contribution < -0.4 is 10.3 Å². The van der Waals surface area contributed by atoms with Gasteiger partial charge in [0.1, 0.15) is 24.5 Å². The molecule has 0 atom stereocenters. The van der Waals surface area contributed by atoms with E-state index in [0.717, 1.165) is 11.3 Å². The monoisotopic (exact) mass is 406 g/mol. The zero-order valence-electron chi connectivity index (χ0n) is 15.7. The first-order valence-corrected chi connectivity index (χ1v) is 9.89. The van der Waals surface area contributed by atoms with Gasteiger partial charge in [-0.2, -0.15) is 0 Å². The lowest BCUT2D eigenvalue weighted by molar-refractivity contribution is 0.0462. The van der Waals surface area contributed by atoms with Gasteiger partial charge in [-0.15, -0.1) is 11.3 Å². The summed E-state index contributed by atoms with van der Waals surface area (Å²) < 4.78 is 12.7. The lowest BCUT2D eigenvalue weighted by Gasteiger charge is -2.11. The van der Waals surface area contributed by atoms with E-state index in [9.17, 15) is 9.59 Å². The van der Waals surface area contributed by atoms with E-state index in [4.69, 9.17) is 9.47 Å². The number of hydrogen-bond acceptors (Lipinski definition) is 6. The highest BCUT2D eigenvalue weighted by atomic mass is 32.1. The maximum Gasteiger partial charge on any atom is 0.342 e. The molecule has 0 bridgehead atoms. The molecule has 2 heterocycles. The average molecular weight is 406 g/mol. The van der Waals surface area contributed by atoms with Crippen LogP contribution in [0.4, 0.5) is 0 Å². The normalized spacial score (nSPS) is 10.8. The van der Waals surface area contributed by atoms with Crippen molar-refractivity contribution in [2.75, 3.05) is 0 Å². The number of para-hydroxylation sites is 1. The summed E-state index contributed by atoms with van der Waals surface area (Å²) in [5.41, 5.74) is 2.38. The summed E-state index contributed by atoms with van der Waals surface area (Å²) in [5.74, 6) is -0.0864. The van der Waals surface area contributed by atoms with Gasteiger partial charge in [0, 0.05) is 17.1 Å². The predicted molar refractivity (Wildman–Crippen MR) is 110 cm³/mol. The molecule has 0 unspecified atom stereocenters. The highest BCUT2D eigenvalue weighted by Gasteiger charge is 2.15. The van der Waals surface area contributed by atoms with Crippen LogP contribution in [0.3, 0.4) is 0 Å². The number of esters is 1. The third kappa shape index (κ3) is 4.20. The van der Waals surface area contributed by atoms with Crippen LogP contribution >= 0.6 is 11.3 Å². The van der Waals surface area contributed by atoms with Crippen LogP contribution in [0.1, 0.15) is 27.3 Å². The van der Waals surface area contributed by atoms with Crippen LogP contribution in [-0.2, 0) is 18.0 Å². The SMILES string of the molecule is Cc1csc2nc(COC(=O)c3ccccc3OCc3ccccc3)cc(=O)n12. The Labute approximate surface area is 171 Å². The molecule has 4 rings (SSSR count). The topological polar surface area (TPSA) is 69.9 Å². The van der Waals surface area contributed by atoms with Crippen LogP contribution in [0.5, 0.6) is 5.75 Å². The first-order chi connectivity index (χ1) is 14.1. The van der Waals surface area contributed by atoms with Gasteiger partial charge in [-0.3, -0.25) is 9.20 Å². The number of nitrogens with zero attached hydrogens (tertiary/aromatic N) is 2. The molecule has 2 aromatic heterocycles. The summed E-state index contributed by atoms with van der Waals surface area (Å²) >= 11 is 1.37. The lowest BCUT2D eigenvalue weighted by atomic mass is 10.2. The molecular weight excluding hydrogens is 388 g/mol. The smallest absolute Gasteiger partial charge is 0.342 e. The van der Waals surface area contributed by atoms with Crippen molar-refractivity contribution < 1.29 is 14.3 Å². The molecule has 0 saturated heterocycles. The van der Waals surface area contributed by atoms with Crippen LogP contribution in [0.25, 0.3) is 4.96 Å². The highest BCUT2D eigenvalue weighted by molar-refractivity contribution is 7.15. The van der Waals surface area contributed by atoms with Gasteiger partial charge >= 0.3 is 5.97 Å². The minimum atomic E-state index is -0.530. The lowest BCUT2D eigenvalue weighted by Crippen LogP contribution is -2.16. The zero-order valence-corrected chi connectivity index (χ0v) is 16.5. The molecule has 29 heavy (non-hydrogen) atoms. The van der Waals surface area contributed by atoms with Gasteiger partial charge in [-0.05, 0) is 24.6 Å². The highest BCUT2D eigenvalue weighted by Crippen LogP contribution is 2.21. The molecule has 0 saturated carbocycles. The molecule has 7 heteroatoms. The number of aryl methyl sites for hydroxylation is 1.